The van der Waals surface area contributed by atoms with Crippen LogP contribution in [0.5, 0.6) is 0 Å². The van der Waals surface area contributed by atoms with E-state index in [1.807, 2.05) is 0 Å². The fourth-order valence-electron chi connectivity index (χ4n) is 10.1. The molecule has 0 N–H and O–H groups in total. The quantitative estimate of drug-likeness (QED) is 0.0757. The van der Waals surface area contributed by atoms with Gasteiger partial charge in [0.1, 0.15) is 0 Å². The lowest BCUT2D eigenvalue weighted by atomic mass is 9.69. The first-order chi connectivity index (χ1) is 22.8. The number of rotatable bonds is 28. The van der Waals surface area contributed by atoms with Crippen molar-refractivity contribution in [3.8, 4) is 0 Å². The fraction of sp³-hybridized carbons (Fsp3) is 1.00. The molecule has 2 aliphatic carbocycles. The number of hydrogen-bond donors (Lipinski definition) is 0. The van der Waals surface area contributed by atoms with Gasteiger partial charge in [0.25, 0.3) is 0 Å². The minimum Gasteiger partial charge on any atom is -0.297 e. The zero-order valence-corrected chi connectivity index (χ0v) is 34.1. The third kappa shape index (κ3) is 18.1. The maximum Gasteiger partial charge on any atom is 0.0131 e. The summed E-state index contributed by atoms with van der Waals surface area (Å²) in [6, 6.07) is 1.66. The highest BCUT2D eigenvalue weighted by Crippen LogP contribution is 2.43. The molecule has 0 bridgehead atoms. The molecule has 0 aromatic rings. The molecule has 2 fully saturated rings. The first-order valence-corrected chi connectivity index (χ1v) is 22.5. The summed E-state index contributed by atoms with van der Waals surface area (Å²) in [7, 11) is 0. The van der Waals surface area contributed by atoms with Gasteiger partial charge < -0.3 is 0 Å². The van der Waals surface area contributed by atoms with Crippen molar-refractivity contribution in [1.29, 1.82) is 0 Å². The highest BCUT2D eigenvalue weighted by molar-refractivity contribution is 4.95. The van der Waals surface area contributed by atoms with Crippen LogP contribution in [0.15, 0.2) is 0 Å². The first kappa shape index (κ1) is 43.1. The van der Waals surface area contributed by atoms with Gasteiger partial charge in [-0.2, -0.15) is 0 Å². The molecule has 0 aromatic heterocycles. The predicted octanol–water partition coefficient (Wildman–Crippen LogP) is 15.4. The van der Waals surface area contributed by atoms with Gasteiger partial charge >= 0.3 is 0 Å². The number of unbranched alkanes of at least 4 members (excludes halogenated alkanes) is 17. The molecular formula is C46H91N. The van der Waals surface area contributed by atoms with Gasteiger partial charge in [0, 0.05) is 12.1 Å². The van der Waals surface area contributed by atoms with Gasteiger partial charge in [0.05, 0.1) is 0 Å². The lowest BCUT2D eigenvalue weighted by Crippen LogP contribution is -2.55. The molecule has 0 heterocycles. The molecule has 7 unspecified atom stereocenters. The van der Waals surface area contributed by atoms with E-state index < -0.39 is 0 Å². The molecule has 7 atom stereocenters. The summed E-state index contributed by atoms with van der Waals surface area (Å²) in [5.41, 5.74) is 0. The average Bonchev–Trinajstić information content (AvgIpc) is 3.04. The summed E-state index contributed by atoms with van der Waals surface area (Å²) in [6.45, 7) is 21.3. The molecule has 47 heavy (non-hydrogen) atoms. The SMILES string of the molecule is CCCCC(CC)CCCCCCCCCCCCCCCCCCCN(C1CC(C)CCC1C(C)C)C1CC(C)CCC1C(C)C. The van der Waals surface area contributed by atoms with Crippen LogP contribution >= 0.6 is 0 Å². The third-order valence-corrected chi connectivity index (χ3v) is 13.4. The van der Waals surface area contributed by atoms with Crippen LogP contribution in [0, 0.1) is 41.4 Å². The van der Waals surface area contributed by atoms with Crippen LogP contribution in [0.25, 0.3) is 0 Å². The molecular weight excluding hydrogens is 567 g/mol. The minimum absolute atomic E-state index is 0.826. The summed E-state index contributed by atoms with van der Waals surface area (Å²) in [5, 5.41) is 0. The van der Waals surface area contributed by atoms with Gasteiger partial charge in [-0.3, -0.25) is 4.90 Å². The maximum atomic E-state index is 3.17. The Morgan fingerprint density at radius 2 is 0.830 bits per heavy atom. The van der Waals surface area contributed by atoms with Crippen LogP contribution in [-0.2, 0) is 0 Å². The summed E-state index contributed by atoms with van der Waals surface area (Å²) < 4.78 is 0. The van der Waals surface area contributed by atoms with Crippen molar-refractivity contribution in [3.05, 3.63) is 0 Å². The van der Waals surface area contributed by atoms with Gasteiger partial charge in [0.15, 0.2) is 0 Å². The van der Waals surface area contributed by atoms with Crippen LogP contribution in [0.2, 0.25) is 0 Å². The molecule has 0 saturated heterocycles. The van der Waals surface area contributed by atoms with Crippen LogP contribution in [0.1, 0.15) is 235 Å². The smallest absolute Gasteiger partial charge is 0.0131 e. The number of nitrogens with zero attached hydrogens (tertiary/aromatic N) is 1. The van der Waals surface area contributed by atoms with Crippen LogP contribution in [-0.4, -0.2) is 23.5 Å². The Labute approximate surface area is 299 Å². The predicted molar refractivity (Wildman–Crippen MR) is 213 cm³/mol. The van der Waals surface area contributed by atoms with E-state index in [0.29, 0.717) is 0 Å². The van der Waals surface area contributed by atoms with E-state index in [1.54, 1.807) is 0 Å². The third-order valence-electron chi connectivity index (χ3n) is 13.4. The Kier molecular flexibility index (Phi) is 24.5. The fourth-order valence-corrected chi connectivity index (χ4v) is 10.1. The summed E-state index contributed by atoms with van der Waals surface area (Å²) >= 11 is 0. The van der Waals surface area contributed by atoms with Crippen molar-refractivity contribution >= 4 is 0 Å². The van der Waals surface area contributed by atoms with Gasteiger partial charge in [-0.25, -0.2) is 0 Å². The zero-order valence-electron chi connectivity index (χ0n) is 34.1. The van der Waals surface area contributed by atoms with E-state index in [1.165, 1.54) is 186 Å². The average molecular weight is 658 g/mol. The molecule has 2 rings (SSSR count). The van der Waals surface area contributed by atoms with Crippen molar-refractivity contribution < 1.29 is 0 Å². The van der Waals surface area contributed by atoms with Crippen molar-refractivity contribution in [1.82, 2.24) is 4.90 Å². The molecule has 1 nitrogen and oxygen atoms in total. The van der Waals surface area contributed by atoms with Crippen LogP contribution < -0.4 is 0 Å². The highest BCUT2D eigenvalue weighted by Gasteiger charge is 2.41. The molecule has 0 amide bonds. The first-order valence-electron chi connectivity index (χ1n) is 22.5. The van der Waals surface area contributed by atoms with Gasteiger partial charge in [-0.05, 0) is 80.1 Å². The standard InChI is InChI=1S/C46H91N/c1-9-11-29-42(10-2)30-27-25-23-21-19-17-15-13-12-14-16-18-20-22-24-26-28-35-47(45-36-40(7)31-33-43(45)38(3)4)46-37-41(8)32-34-44(46)39(5)6/h38-46H,9-37H2,1-8H3. The highest BCUT2D eigenvalue weighted by atomic mass is 15.2. The maximum absolute atomic E-state index is 3.17. The van der Waals surface area contributed by atoms with Crippen molar-refractivity contribution in [2.75, 3.05) is 6.54 Å². The molecule has 280 valence electrons. The van der Waals surface area contributed by atoms with E-state index in [4.69, 9.17) is 0 Å². The molecule has 0 aliphatic heterocycles. The van der Waals surface area contributed by atoms with Gasteiger partial charge in [-0.1, -0.05) is 203 Å². The van der Waals surface area contributed by atoms with Crippen molar-refractivity contribution in [2.45, 2.75) is 247 Å². The summed E-state index contributed by atoms with van der Waals surface area (Å²) in [5.74, 6) is 6.30. The second kappa shape index (κ2) is 26.7. The summed E-state index contributed by atoms with van der Waals surface area (Å²) in [6.07, 6.45) is 41.1. The van der Waals surface area contributed by atoms with Crippen LogP contribution in [0.3, 0.4) is 0 Å². The van der Waals surface area contributed by atoms with E-state index in [9.17, 15) is 0 Å². The summed E-state index contributed by atoms with van der Waals surface area (Å²) in [4.78, 5) is 3.17. The Bertz CT molecular complexity index is 665. The monoisotopic (exact) mass is 658 g/mol. The Morgan fingerprint density at radius 3 is 1.19 bits per heavy atom. The minimum atomic E-state index is 0.826. The van der Waals surface area contributed by atoms with E-state index in [-0.39, 0.29) is 0 Å². The normalized spacial score (nSPS) is 26.1. The van der Waals surface area contributed by atoms with Gasteiger partial charge in [-0.15, -0.1) is 0 Å². The number of hydrogen-bond acceptors (Lipinski definition) is 1. The van der Waals surface area contributed by atoms with Crippen molar-refractivity contribution in [3.63, 3.8) is 0 Å². The second-order valence-electron chi connectivity index (χ2n) is 18.2. The molecule has 1 heteroatoms. The molecule has 0 radical (unpaired) electrons. The Morgan fingerprint density at radius 1 is 0.468 bits per heavy atom. The van der Waals surface area contributed by atoms with E-state index in [0.717, 1.165) is 53.5 Å². The molecule has 2 aliphatic rings. The molecule has 0 spiro atoms. The van der Waals surface area contributed by atoms with E-state index >= 15 is 0 Å². The lowest BCUT2D eigenvalue weighted by Gasteiger charge is -2.52. The largest absolute Gasteiger partial charge is 0.297 e. The lowest BCUT2D eigenvalue weighted by molar-refractivity contribution is -0.0235. The Hall–Kier alpha value is -0.0400. The Balaban J connectivity index is 1.54. The van der Waals surface area contributed by atoms with Gasteiger partial charge in [0.2, 0.25) is 0 Å². The van der Waals surface area contributed by atoms with E-state index in [2.05, 4.69) is 60.3 Å². The second-order valence-corrected chi connectivity index (χ2v) is 18.2. The van der Waals surface area contributed by atoms with Crippen LogP contribution in [0.4, 0.5) is 0 Å². The van der Waals surface area contributed by atoms with Crippen molar-refractivity contribution in [2.24, 2.45) is 41.4 Å². The molecule has 2 saturated carbocycles. The molecule has 0 aromatic carbocycles. The topological polar surface area (TPSA) is 3.24 Å². The zero-order chi connectivity index (χ0) is 34.3.